The highest BCUT2D eigenvalue weighted by atomic mass is 16.5. The van der Waals surface area contributed by atoms with Gasteiger partial charge in [-0.1, -0.05) is 42.5 Å². The van der Waals surface area contributed by atoms with E-state index in [0.29, 0.717) is 25.6 Å². The first-order valence-electron chi connectivity index (χ1n) is 13.1. The molecule has 0 radical (unpaired) electrons. The number of benzene rings is 2. The van der Waals surface area contributed by atoms with Crippen LogP contribution in [0.2, 0.25) is 0 Å². The molecule has 1 saturated carbocycles. The quantitative estimate of drug-likeness (QED) is 0.437. The molecule has 3 aromatic rings. The molecule has 0 bridgehead atoms. The monoisotopic (exact) mass is 490 g/mol. The first kappa shape index (κ1) is 25.0. The molecule has 1 unspecified atom stereocenters. The molecule has 5 rings (SSSR count). The zero-order valence-corrected chi connectivity index (χ0v) is 21.5. The Balaban J connectivity index is 1.41. The number of aliphatic hydroxyl groups is 1. The standard InChI is InChI=1S/C29H38N4O3/c1-22-7-6-10-26(17-22)36-29-27(28(30-31(29)2)24-8-4-3-5-9-24)21-33(18-23-11-12-23)20-25(34)19-32-13-15-35-16-14-32/h3-10,17,23,25,34H,11-16,18-21H2,1-2H3. The lowest BCUT2D eigenvalue weighted by Crippen LogP contribution is -2.44. The average molecular weight is 491 g/mol. The Bertz CT molecular complexity index is 1120. The van der Waals surface area contributed by atoms with Crippen LogP contribution in [0.4, 0.5) is 0 Å². The summed E-state index contributed by atoms with van der Waals surface area (Å²) in [5, 5.41) is 15.9. The van der Waals surface area contributed by atoms with E-state index in [4.69, 9.17) is 14.6 Å². The predicted molar refractivity (Wildman–Crippen MR) is 141 cm³/mol. The maximum Gasteiger partial charge on any atom is 0.222 e. The van der Waals surface area contributed by atoms with E-state index < -0.39 is 6.10 Å². The highest BCUT2D eigenvalue weighted by Crippen LogP contribution is 2.36. The second-order valence-electron chi connectivity index (χ2n) is 10.2. The van der Waals surface area contributed by atoms with Crippen LogP contribution in [0.3, 0.4) is 0 Å². The molecule has 7 nitrogen and oxygen atoms in total. The van der Waals surface area contributed by atoms with Crippen LogP contribution in [0, 0.1) is 12.8 Å². The van der Waals surface area contributed by atoms with Crippen molar-refractivity contribution in [3.8, 4) is 22.9 Å². The van der Waals surface area contributed by atoms with Gasteiger partial charge in [0.1, 0.15) is 11.4 Å². The molecule has 1 saturated heterocycles. The van der Waals surface area contributed by atoms with Gasteiger partial charge in [-0.25, -0.2) is 4.68 Å². The van der Waals surface area contributed by atoms with Gasteiger partial charge in [-0.05, 0) is 43.4 Å². The van der Waals surface area contributed by atoms with Gasteiger partial charge in [-0.2, -0.15) is 5.10 Å². The third-order valence-corrected chi connectivity index (χ3v) is 6.98. The van der Waals surface area contributed by atoms with Crippen molar-refractivity contribution in [2.24, 2.45) is 13.0 Å². The lowest BCUT2D eigenvalue weighted by molar-refractivity contribution is 0.00587. The maximum atomic E-state index is 11.0. The van der Waals surface area contributed by atoms with Crippen LogP contribution in [0.1, 0.15) is 24.0 Å². The van der Waals surface area contributed by atoms with E-state index in [2.05, 4.69) is 34.9 Å². The molecule has 2 fully saturated rings. The van der Waals surface area contributed by atoms with Gasteiger partial charge in [-0.3, -0.25) is 9.80 Å². The van der Waals surface area contributed by atoms with Crippen molar-refractivity contribution in [1.29, 1.82) is 0 Å². The number of aliphatic hydroxyl groups excluding tert-OH is 1. The summed E-state index contributed by atoms with van der Waals surface area (Å²) in [7, 11) is 1.94. The largest absolute Gasteiger partial charge is 0.439 e. The summed E-state index contributed by atoms with van der Waals surface area (Å²) in [6.45, 7) is 8.28. The molecule has 1 N–H and O–H groups in total. The smallest absolute Gasteiger partial charge is 0.222 e. The SMILES string of the molecule is Cc1cccc(Oc2c(CN(CC(O)CN3CCOCC3)CC3CC3)c(-c3ccccc3)nn2C)c1. The van der Waals surface area contributed by atoms with E-state index in [9.17, 15) is 5.11 Å². The van der Waals surface area contributed by atoms with Crippen molar-refractivity contribution in [2.45, 2.75) is 32.4 Å². The van der Waals surface area contributed by atoms with Gasteiger partial charge in [0.15, 0.2) is 0 Å². The predicted octanol–water partition coefficient (Wildman–Crippen LogP) is 4.09. The number of hydrogen-bond donors (Lipinski definition) is 1. The van der Waals surface area contributed by atoms with Gasteiger partial charge in [0.05, 0.1) is 24.9 Å². The molecule has 36 heavy (non-hydrogen) atoms. The highest BCUT2D eigenvalue weighted by molar-refractivity contribution is 5.65. The third-order valence-electron chi connectivity index (χ3n) is 6.98. The van der Waals surface area contributed by atoms with Crippen LogP contribution in [0.15, 0.2) is 54.6 Å². The minimum absolute atomic E-state index is 0.417. The van der Waals surface area contributed by atoms with Gasteiger partial charge in [0, 0.05) is 51.9 Å². The topological polar surface area (TPSA) is 63.0 Å². The molecule has 2 aromatic carbocycles. The van der Waals surface area contributed by atoms with E-state index >= 15 is 0 Å². The van der Waals surface area contributed by atoms with Crippen LogP contribution < -0.4 is 4.74 Å². The summed E-state index contributed by atoms with van der Waals surface area (Å²) in [6, 6.07) is 18.4. The second-order valence-corrected chi connectivity index (χ2v) is 10.2. The molecule has 0 spiro atoms. The van der Waals surface area contributed by atoms with Gasteiger partial charge < -0.3 is 14.6 Å². The van der Waals surface area contributed by atoms with Crippen molar-refractivity contribution >= 4 is 0 Å². The highest BCUT2D eigenvalue weighted by Gasteiger charge is 2.29. The summed E-state index contributed by atoms with van der Waals surface area (Å²) < 4.78 is 13.8. The molecule has 192 valence electrons. The number of aromatic nitrogens is 2. The molecule has 1 atom stereocenters. The molecule has 2 heterocycles. The Hall–Kier alpha value is -2.71. The van der Waals surface area contributed by atoms with E-state index in [1.165, 1.54) is 12.8 Å². The Morgan fingerprint density at radius 3 is 2.61 bits per heavy atom. The fourth-order valence-electron chi connectivity index (χ4n) is 4.97. The fraction of sp³-hybridized carbons (Fsp3) is 0.483. The summed E-state index contributed by atoms with van der Waals surface area (Å²) in [4.78, 5) is 4.70. The zero-order chi connectivity index (χ0) is 24.9. The normalized spacial score (nSPS) is 17.4. The fourth-order valence-corrected chi connectivity index (χ4v) is 4.97. The molecule has 0 amide bonds. The number of aryl methyl sites for hydroxylation is 2. The van der Waals surface area contributed by atoms with Gasteiger partial charge in [0.25, 0.3) is 0 Å². The lowest BCUT2D eigenvalue weighted by Gasteiger charge is -2.31. The Morgan fingerprint density at radius 1 is 1.11 bits per heavy atom. The van der Waals surface area contributed by atoms with Crippen LogP contribution >= 0.6 is 0 Å². The van der Waals surface area contributed by atoms with Crippen molar-refractivity contribution < 1.29 is 14.6 Å². The summed E-state index contributed by atoms with van der Waals surface area (Å²) in [6.07, 6.45) is 2.11. The third kappa shape index (κ3) is 6.53. The number of ether oxygens (including phenoxy) is 2. The van der Waals surface area contributed by atoms with E-state index in [1.54, 1.807) is 0 Å². The molecule has 1 aliphatic heterocycles. The van der Waals surface area contributed by atoms with Gasteiger partial charge >= 0.3 is 0 Å². The van der Waals surface area contributed by atoms with Crippen molar-refractivity contribution in [3.05, 3.63) is 65.7 Å². The first-order chi connectivity index (χ1) is 17.5. The molecule has 2 aliphatic rings. The Labute approximate surface area is 214 Å². The van der Waals surface area contributed by atoms with E-state index in [-0.39, 0.29) is 0 Å². The Morgan fingerprint density at radius 2 is 1.89 bits per heavy atom. The van der Waals surface area contributed by atoms with Gasteiger partial charge in [0.2, 0.25) is 5.88 Å². The van der Waals surface area contributed by atoms with Crippen LogP contribution in [-0.4, -0.2) is 76.7 Å². The zero-order valence-electron chi connectivity index (χ0n) is 21.5. The van der Waals surface area contributed by atoms with Crippen LogP contribution in [-0.2, 0) is 18.3 Å². The van der Waals surface area contributed by atoms with Crippen LogP contribution in [0.5, 0.6) is 11.6 Å². The number of hydrogen-bond acceptors (Lipinski definition) is 6. The maximum absolute atomic E-state index is 11.0. The number of rotatable bonds is 11. The number of morpholine rings is 1. The van der Waals surface area contributed by atoms with Crippen molar-refractivity contribution in [1.82, 2.24) is 19.6 Å². The second kappa shape index (κ2) is 11.6. The molecule has 1 aliphatic carbocycles. The lowest BCUT2D eigenvalue weighted by atomic mass is 10.1. The van der Waals surface area contributed by atoms with E-state index in [0.717, 1.165) is 66.9 Å². The molecule has 1 aromatic heterocycles. The van der Waals surface area contributed by atoms with Crippen molar-refractivity contribution in [3.63, 3.8) is 0 Å². The van der Waals surface area contributed by atoms with Crippen molar-refractivity contribution in [2.75, 3.05) is 45.9 Å². The summed E-state index contributed by atoms with van der Waals surface area (Å²) in [5.74, 6) is 2.27. The molecular weight excluding hydrogens is 452 g/mol. The molecule has 7 heteroatoms. The summed E-state index contributed by atoms with van der Waals surface area (Å²) in [5.41, 5.74) is 4.22. The van der Waals surface area contributed by atoms with Gasteiger partial charge in [-0.15, -0.1) is 0 Å². The molecular formula is C29H38N4O3. The minimum atomic E-state index is -0.417. The number of nitrogens with zero attached hydrogens (tertiary/aromatic N) is 4. The average Bonchev–Trinajstić information content (AvgIpc) is 3.64. The first-order valence-corrected chi connectivity index (χ1v) is 13.1. The number of β-amino-alcohol motifs (C(OH)–C–C–N with tert-alkyl or cyclic N) is 1. The minimum Gasteiger partial charge on any atom is -0.439 e. The van der Waals surface area contributed by atoms with E-state index in [1.807, 2.05) is 48.1 Å². The van der Waals surface area contributed by atoms with Crippen LogP contribution in [0.25, 0.3) is 11.3 Å². The Kier molecular flexibility index (Phi) is 8.02. The summed E-state index contributed by atoms with van der Waals surface area (Å²) >= 11 is 0.